The van der Waals surface area contributed by atoms with Crippen LogP contribution in [0.3, 0.4) is 0 Å². The van der Waals surface area contributed by atoms with Gasteiger partial charge in [0.15, 0.2) is 5.82 Å². The van der Waals surface area contributed by atoms with Gasteiger partial charge >= 0.3 is 6.18 Å². The van der Waals surface area contributed by atoms with E-state index in [9.17, 15) is 22.7 Å². The highest BCUT2D eigenvalue weighted by atomic mass is 35.5. The summed E-state index contributed by atoms with van der Waals surface area (Å²) < 4.78 is 51.7. The second-order valence-electron chi connectivity index (χ2n) is 5.26. The van der Waals surface area contributed by atoms with Crippen LogP contribution in [0.25, 0.3) is 11.4 Å². The van der Waals surface area contributed by atoms with Gasteiger partial charge < -0.3 is 10.4 Å². The molecule has 1 aromatic heterocycles. The van der Waals surface area contributed by atoms with E-state index < -0.39 is 17.6 Å². The molecule has 0 aliphatic rings. The first kappa shape index (κ1) is 17.9. The summed E-state index contributed by atoms with van der Waals surface area (Å²) >= 11 is 5.93. The predicted octanol–water partition coefficient (Wildman–Crippen LogP) is 5.40. The van der Waals surface area contributed by atoms with Crippen LogP contribution in [0.5, 0.6) is 5.75 Å². The third-order valence-electron chi connectivity index (χ3n) is 3.38. The quantitative estimate of drug-likeness (QED) is 0.361. The first-order chi connectivity index (χ1) is 12.2. The molecule has 0 radical (unpaired) electrons. The highest BCUT2D eigenvalue weighted by Crippen LogP contribution is 2.31. The van der Waals surface area contributed by atoms with Gasteiger partial charge in [0.25, 0.3) is 0 Å². The lowest BCUT2D eigenvalue weighted by molar-refractivity contribution is -0.137. The van der Waals surface area contributed by atoms with E-state index in [1.165, 1.54) is 30.3 Å². The number of nitrogens with one attached hydrogen (secondary N) is 1. The molecular formula is C17H10ClF4N3O. The Kier molecular flexibility index (Phi) is 4.69. The van der Waals surface area contributed by atoms with Crippen LogP contribution in [0.4, 0.5) is 29.1 Å². The van der Waals surface area contributed by atoms with E-state index in [2.05, 4.69) is 15.3 Å². The molecule has 0 fully saturated rings. The van der Waals surface area contributed by atoms with E-state index in [0.717, 1.165) is 18.2 Å². The van der Waals surface area contributed by atoms with Crippen LogP contribution in [0.1, 0.15) is 5.56 Å². The summed E-state index contributed by atoms with van der Waals surface area (Å²) in [7, 11) is 0. The molecule has 0 saturated carbocycles. The van der Waals surface area contributed by atoms with Gasteiger partial charge in [0.2, 0.25) is 0 Å². The van der Waals surface area contributed by atoms with Crippen molar-refractivity contribution >= 4 is 23.1 Å². The highest BCUT2D eigenvalue weighted by molar-refractivity contribution is 6.29. The summed E-state index contributed by atoms with van der Waals surface area (Å²) in [5.74, 6) is -0.729. The van der Waals surface area contributed by atoms with Gasteiger partial charge in [-0.05, 0) is 24.3 Å². The zero-order chi connectivity index (χ0) is 18.9. The van der Waals surface area contributed by atoms with E-state index >= 15 is 0 Å². The van der Waals surface area contributed by atoms with Crippen molar-refractivity contribution < 1.29 is 22.7 Å². The molecule has 0 amide bonds. The number of rotatable bonds is 3. The largest absolute Gasteiger partial charge is 0.508 e. The molecule has 0 bridgehead atoms. The fourth-order valence-corrected chi connectivity index (χ4v) is 2.35. The Balaban J connectivity index is 1.92. The molecule has 4 nitrogen and oxygen atoms in total. The van der Waals surface area contributed by atoms with Crippen LogP contribution in [-0.4, -0.2) is 15.1 Å². The fraction of sp³-hybridized carbons (Fsp3) is 0.0588. The third kappa shape index (κ3) is 4.02. The fourth-order valence-electron chi connectivity index (χ4n) is 2.16. The Hall–Kier alpha value is -2.87. The molecule has 3 rings (SSSR count). The van der Waals surface area contributed by atoms with Crippen LogP contribution in [0.15, 0.2) is 48.5 Å². The summed E-state index contributed by atoms with van der Waals surface area (Å²) in [5, 5.41) is 11.9. The first-order valence-electron chi connectivity index (χ1n) is 7.20. The summed E-state index contributed by atoms with van der Waals surface area (Å²) in [6.07, 6.45) is -4.45. The molecule has 0 unspecified atom stereocenters. The second-order valence-corrected chi connectivity index (χ2v) is 5.65. The Labute approximate surface area is 150 Å². The molecule has 1 heterocycles. The van der Waals surface area contributed by atoms with Crippen LogP contribution in [0.2, 0.25) is 5.15 Å². The predicted molar refractivity (Wildman–Crippen MR) is 88.8 cm³/mol. The minimum absolute atomic E-state index is 0.0246. The standard InChI is InChI=1S/C17H10ClF4N3O/c18-14-8-15(23-13-6-5-11(26)7-12(13)19)25-16(24-14)9-1-3-10(4-2-9)17(20,21)22/h1-8,26H,(H,23,24,25). The Morgan fingerprint density at radius 2 is 1.65 bits per heavy atom. The molecule has 0 atom stereocenters. The number of aromatic hydroxyl groups is 1. The Morgan fingerprint density at radius 3 is 2.27 bits per heavy atom. The number of phenolic OH excluding ortho intramolecular Hbond substituents is 1. The number of nitrogens with zero attached hydrogens (tertiary/aromatic N) is 2. The average Bonchev–Trinajstić information content (AvgIpc) is 2.56. The van der Waals surface area contributed by atoms with E-state index in [4.69, 9.17) is 11.6 Å². The van der Waals surface area contributed by atoms with Crippen molar-refractivity contribution in [2.24, 2.45) is 0 Å². The molecule has 3 aromatic rings. The molecule has 0 aliphatic heterocycles. The SMILES string of the molecule is Oc1ccc(Nc2cc(Cl)nc(-c3ccc(C(F)(F)F)cc3)n2)c(F)c1. The topological polar surface area (TPSA) is 58.0 Å². The minimum atomic E-state index is -4.45. The molecule has 26 heavy (non-hydrogen) atoms. The minimum Gasteiger partial charge on any atom is -0.508 e. The maximum absolute atomic E-state index is 13.8. The number of hydrogen-bond donors (Lipinski definition) is 2. The average molecular weight is 384 g/mol. The van der Waals surface area contributed by atoms with Gasteiger partial charge in [-0.3, -0.25) is 0 Å². The molecule has 0 spiro atoms. The van der Waals surface area contributed by atoms with Crippen molar-refractivity contribution in [1.29, 1.82) is 0 Å². The number of benzene rings is 2. The van der Waals surface area contributed by atoms with E-state index in [0.29, 0.717) is 5.56 Å². The number of aromatic nitrogens is 2. The zero-order valence-electron chi connectivity index (χ0n) is 12.9. The van der Waals surface area contributed by atoms with E-state index in [1.807, 2.05) is 0 Å². The Morgan fingerprint density at radius 1 is 0.962 bits per heavy atom. The van der Waals surface area contributed by atoms with Gasteiger partial charge in [0, 0.05) is 17.7 Å². The molecule has 2 N–H and O–H groups in total. The number of alkyl halides is 3. The third-order valence-corrected chi connectivity index (χ3v) is 3.57. The highest BCUT2D eigenvalue weighted by Gasteiger charge is 2.30. The molecule has 0 aliphatic carbocycles. The smallest absolute Gasteiger partial charge is 0.416 e. The maximum Gasteiger partial charge on any atom is 0.416 e. The van der Waals surface area contributed by atoms with E-state index in [-0.39, 0.29) is 28.2 Å². The van der Waals surface area contributed by atoms with Crippen molar-refractivity contribution in [3.05, 3.63) is 65.1 Å². The van der Waals surface area contributed by atoms with Crippen LogP contribution in [-0.2, 0) is 6.18 Å². The van der Waals surface area contributed by atoms with Gasteiger partial charge in [0.05, 0.1) is 11.3 Å². The van der Waals surface area contributed by atoms with Gasteiger partial charge in [-0.15, -0.1) is 0 Å². The monoisotopic (exact) mass is 383 g/mol. The van der Waals surface area contributed by atoms with Crippen LogP contribution >= 0.6 is 11.6 Å². The van der Waals surface area contributed by atoms with Gasteiger partial charge in [0.1, 0.15) is 22.5 Å². The van der Waals surface area contributed by atoms with Gasteiger partial charge in [-0.1, -0.05) is 23.7 Å². The lowest BCUT2D eigenvalue weighted by Gasteiger charge is -2.10. The molecule has 9 heteroatoms. The molecule has 134 valence electrons. The first-order valence-corrected chi connectivity index (χ1v) is 7.58. The number of hydrogen-bond acceptors (Lipinski definition) is 4. The number of phenols is 1. The molecule has 2 aromatic carbocycles. The normalized spacial score (nSPS) is 11.4. The molecular weight excluding hydrogens is 374 g/mol. The van der Waals surface area contributed by atoms with Crippen molar-refractivity contribution in [3.63, 3.8) is 0 Å². The summed E-state index contributed by atoms with van der Waals surface area (Å²) in [6, 6.07) is 9.10. The van der Waals surface area contributed by atoms with Gasteiger partial charge in [-0.2, -0.15) is 13.2 Å². The van der Waals surface area contributed by atoms with Crippen LogP contribution in [0, 0.1) is 5.82 Å². The zero-order valence-corrected chi connectivity index (χ0v) is 13.6. The van der Waals surface area contributed by atoms with Gasteiger partial charge in [-0.25, -0.2) is 14.4 Å². The summed E-state index contributed by atoms with van der Waals surface area (Å²) in [5.41, 5.74) is -0.446. The van der Waals surface area contributed by atoms with Crippen molar-refractivity contribution in [3.8, 4) is 17.1 Å². The second kappa shape index (κ2) is 6.80. The van der Waals surface area contributed by atoms with Crippen molar-refractivity contribution in [2.75, 3.05) is 5.32 Å². The lowest BCUT2D eigenvalue weighted by Crippen LogP contribution is -2.04. The van der Waals surface area contributed by atoms with E-state index in [1.54, 1.807) is 0 Å². The Bertz CT molecular complexity index is 946. The lowest BCUT2D eigenvalue weighted by atomic mass is 10.1. The number of halogens is 5. The summed E-state index contributed by atoms with van der Waals surface area (Å²) in [4.78, 5) is 8.11. The molecule has 0 saturated heterocycles. The number of anilines is 2. The summed E-state index contributed by atoms with van der Waals surface area (Å²) in [6.45, 7) is 0. The van der Waals surface area contributed by atoms with Crippen LogP contribution < -0.4 is 5.32 Å². The van der Waals surface area contributed by atoms with Crippen molar-refractivity contribution in [1.82, 2.24) is 9.97 Å². The maximum atomic E-state index is 13.8. The van der Waals surface area contributed by atoms with Crippen molar-refractivity contribution in [2.45, 2.75) is 6.18 Å².